The third-order valence-corrected chi connectivity index (χ3v) is 5.55. The van der Waals surface area contributed by atoms with Crippen molar-refractivity contribution < 1.29 is 9.53 Å². The van der Waals surface area contributed by atoms with Gasteiger partial charge in [0.15, 0.2) is 0 Å². The van der Waals surface area contributed by atoms with Crippen LogP contribution in [0.4, 0.5) is 5.69 Å². The molecule has 6 heteroatoms. The lowest BCUT2D eigenvalue weighted by atomic mass is 9.91. The fourth-order valence-electron chi connectivity index (χ4n) is 3.96. The summed E-state index contributed by atoms with van der Waals surface area (Å²) in [6.45, 7) is 7.05. The molecule has 0 unspecified atom stereocenters. The van der Waals surface area contributed by atoms with Crippen LogP contribution in [0.2, 0.25) is 0 Å². The van der Waals surface area contributed by atoms with E-state index in [0.29, 0.717) is 5.92 Å². The van der Waals surface area contributed by atoms with Gasteiger partial charge in [-0.2, -0.15) is 5.10 Å². The van der Waals surface area contributed by atoms with Crippen LogP contribution in [0.15, 0.2) is 30.5 Å². The molecule has 0 saturated carbocycles. The van der Waals surface area contributed by atoms with E-state index in [4.69, 9.17) is 4.74 Å². The molecule has 0 atom stereocenters. The Hall–Kier alpha value is -2.34. The number of aromatic amines is 1. The third kappa shape index (κ3) is 3.46. The summed E-state index contributed by atoms with van der Waals surface area (Å²) < 4.78 is 5.40. The number of morpholine rings is 1. The molecule has 1 aromatic heterocycles. The third-order valence-electron chi connectivity index (χ3n) is 5.55. The van der Waals surface area contributed by atoms with E-state index in [2.05, 4.69) is 34.2 Å². The number of piperidine rings is 1. The maximum atomic E-state index is 12.8. The molecule has 138 valence electrons. The Balaban J connectivity index is 1.36. The van der Waals surface area contributed by atoms with Crippen LogP contribution in [-0.4, -0.2) is 60.4 Å². The van der Waals surface area contributed by atoms with Gasteiger partial charge < -0.3 is 14.5 Å². The van der Waals surface area contributed by atoms with Gasteiger partial charge in [0, 0.05) is 49.0 Å². The van der Waals surface area contributed by atoms with E-state index in [9.17, 15) is 4.79 Å². The van der Waals surface area contributed by atoms with Gasteiger partial charge in [-0.1, -0.05) is 0 Å². The largest absolute Gasteiger partial charge is 0.378 e. The standard InChI is InChI=1S/C20H26N4O2/c1-15-14-21-22-19(15)16-6-8-24(9-7-16)20(25)17-2-4-18(5-3-17)23-10-12-26-13-11-23/h2-5,14,16H,6-13H2,1H3,(H,21,22). The number of ether oxygens (including phenoxy) is 1. The van der Waals surface area contributed by atoms with Crippen LogP contribution in [0.1, 0.15) is 40.4 Å². The second kappa shape index (κ2) is 7.50. The number of nitrogens with one attached hydrogen (secondary N) is 1. The molecular formula is C20H26N4O2. The van der Waals surface area contributed by atoms with Gasteiger partial charge in [0.05, 0.1) is 19.4 Å². The quantitative estimate of drug-likeness (QED) is 0.920. The molecule has 2 fully saturated rings. The molecule has 0 radical (unpaired) electrons. The summed E-state index contributed by atoms with van der Waals surface area (Å²) in [5, 5.41) is 7.25. The summed E-state index contributed by atoms with van der Waals surface area (Å²) >= 11 is 0. The molecule has 0 spiro atoms. The second-order valence-corrected chi connectivity index (χ2v) is 7.18. The Morgan fingerprint density at radius 1 is 1.12 bits per heavy atom. The van der Waals surface area contributed by atoms with Gasteiger partial charge >= 0.3 is 0 Å². The highest BCUT2D eigenvalue weighted by Crippen LogP contribution is 2.29. The predicted molar refractivity (Wildman–Crippen MR) is 101 cm³/mol. The lowest BCUT2D eigenvalue weighted by molar-refractivity contribution is 0.0712. The van der Waals surface area contributed by atoms with E-state index in [1.165, 1.54) is 16.9 Å². The van der Waals surface area contributed by atoms with Crippen LogP contribution in [0.5, 0.6) is 0 Å². The molecule has 2 aliphatic rings. The summed E-state index contributed by atoms with van der Waals surface area (Å²) in [5.74, 6) is 0.614. The first-order valence-electron chi connectivity index (χ1n) is 9.44. The molecule has 2 saturated heterocycles. The molecular weight excluding hydrogens is 328 g/mol. The van der Waals surface area contributed by atoms with E-state index in [0.717, 1.165) is 57.8 Å². The van der Waals surface area contributed by atoms with Crippen LogP contribution in [0.3, 0.4) is 0 Å². The van der Waals surface area contributed by atoms with Crippen LogP contribution >= 0.6 is 0 Å². The van der Waals surface area contributed by atoms with E-state index in [-0.39, 0.29) is 5.91 Å². The second-order valence-electron chi connectivity index (χ2n) is 7.18. The zero-order valence-electron chi connectivity index (χ0n) is 15.3. The Labute approximate surface area is 154 Å². The molecule has 2 aliphatic heterocycles. The molecule has 0 aliphatic carbocycles. The summed E-state index contributed by atoms with van der Waals surface area (Å²) in [7, 11) is 0. The van der Waals surface area contributed by atoms with Crippen molar-refractivity contribution in [2.24, 2.45) is 0 Å². The molecule has 26 heavy (non-hydrogen) atoms. The van der Waals surface area contributed by atoms with Gasteiger partial charge in [-0.3, -0.25) is 9.89 Å². The number of benzene rings is 1. The smallest absolute Gasteiger partial charge is 0.253 e. The lowest BCUT2D eigenvalue weighted by Crippen LogP contribution is -2.38. The van der Waals surface area contributed by atoms with Gasteiger partial charge in [-0.05, 0) is 49.6 Å². The average molecular weight is 354 g/mol. The van der Waals surface area contributed by atoms with Crippen LogP contribution in [-0.2, 0) is 4.74 Å². The summed E-state index contributed by atoms with van der Waals surface area (Å²) in [6, 6.07) is 8.02. The maximum Gasteiger partial charge on any atom is 0.253 e. The number of H-pyrrole nitrogens is 1. The minimum Gasteiger partial charge on any atom is -0.378 e. The van der Waals surface area contributed by atoms with Gasteiger partial charge in [0.2, 0.25) is 0 Å². The fourth-order valence-corrected chi connectivity index (χ4v) is 3.96. The van der Waals surface area contributed by atoms with E-state index < -0.39 is 0 Å². The maximum absolute atomic E-state index is 12.8. The first-order chi connectivity index (χ1) is 12.7. The Kier molecular flexibility index (Phi) is 4.93. The summed E-state index contributed by atoms with van der Waals surface area (Å²) in [4.78, 5) is 17.1. The number of hydrogen-bond acceptors (Lipinski definition) is 4. The van der Waals surface area contributed by atoms with Crippen molar-refractivity contribution in [3.8, 4) is 0 Å². The Morgan fingerprint density at radius 3 is 2.42 bits per heavy atom. The minimum absolute atomic E-state index is 0.137. The van der Waals surface area contributed by atoms with Crippen LogP contribution in [0.25, 0.3) is 0 Å². The Morgan fingerprint density at radius 2 is 1.81 bits per heavy atom. The minimum atomic E-state index is 0.137. The van der Waals surface area contributed by atoms with Crippen molar-refractivity contribution in [2.45, 2.75) is 25.7 Å². The van der Waals surface area contributed by atoms with E-state index in [1.807, 2.05) is 23.2 Å². The zero-order chi connectivity index (χ0) is 17.9. The van der Waals surface area contributed by atoms with Crippen molar-refractivity contribution in [1.82, 2.24) is 15.1 Å². The number of hydrogen-bond donors (Lipinski definition) is 1. The SMILES string of the molecule is Cc1cn[nH]c1C1CCN(C(=O)c2ccc(N3CCOCC3)cc2)CC1. The van der Waals surface area contributed by atoms with Crippen molar-refractivity contribution in [3.63, 3.8) is 0 Å². The first-order valence-corrected chi connectivity index (χ1v) is 9.44. The van der Waals surface area contributed by atoms with Crippen molar-refractivity contribution in [2.75, 3.05) is 44.3 Å². The summed E-state index contributed by atoms with van der Waals surface area (Å²) in [6.07, 6.45) is 3.85. The molecule has 1 amide bonds. The van der Waals surface area contributed by atoms with Crippen molar-refractivity contribution in [1.29, 1.82) is 0 Å². The molecule has 3 heterocycles. The first kappa shape index (κ1) is 17.1. The van der Waals surface area contributed by atoms with Gasteiger partial charge in [0.1, 0.15) is 0 Å². The van der Waals surface area contributed by atoms with Gasteiger partial charge in [0.25, 0.3) is 5.91 Å². The normalized spacial score (nSPS) is 19.0. The van der Waals surface area contributed by atoms with Gasteiger partial charge in [-0.25, -0.2) is 0 Å². The van der Waals surface area contributed by atoms with Crippen LogP contribution < -0.4 is 4.90 Å². The monoisotopic (exact) mass is 354 g/mol. The summed E-state index contributed by atoms with van der Waals surface area (Å²) in [5.41, 5.74) is 4.39. The zero-order valence-corrected chi connectivity index (χ0v) is 15.3. The number of amides is 1. The highest BCUT2D eigenvalue weighted by Gasteiger charge is 2.26. The number of rotatable bonds is 3. The van der Waals surface area contributed by atoms with Crippen LogP contribution in [0, 0.1) is 6.92 Å². The van der Waals surface area contributed by atoms with Gasteiger partial charge in [-0.15, -0.1) is 0 Å². The molecule has 6 nitrogen and oxygen atoms in total. The average Bonchev–Trinajstić information content (AvgIpc) is 3.14. The van der Waals surface area contributed by atoms with Crippen molar-refractivity contribution >= 4 is 11.6 Å². The topological polar surface area (TPSA) is 61.5 Å². The number of likely N-dealkylation sites (tertiary alicyclic amines) is 1. The number of nitrogens with zero attached hydrogens (tertiary/aromatic N) is 3. The van der Waals surface area contributed by atoms with Crippen molar-refractivity contribution in [3.05, 3.63) is 47.3 Å². The molecule has 2 aromatic rings. The number of carbonyl (C=O) groups excluding carboxylic acids is 1. The fraction of sp³-hybridized carbons (Fsp3) is 0.500. The predicted octanol–water partition coefficient (Wildman–Crippen LogP) is 2.57. The number of aryl methyl sites for hydroxylation is 1. The lowest BCUT2D eigenvalue weighted by Gasteiger charge is -2.32. The molecule has 1 N–H and O–H groups in total. The van der Waals surface area contributed by atoms with E-state index >= 15 is 0 Å². The molecule has 1 aromatic carbocycles. The Bertz CT molecular complexity index is 741. The molecule has 0 bridgehead atoms. The number of carbonyl (C=O) groups is 1. The molecule has 4 rings (SSSR count). The number of anilines is 1. The number of aromatic nitrogens is 2. The highest BCUT2D eigenvalue weighted by atomic mass is 16.5. The highest BCUT2D eigenvalue weighted by molar-refractivity contribution is 5.94. The van der Waals surface area contributed by atoms with E-state index in [1.54, 1.807) is 0 Å².